The van der Waals surface area contributed by atoms with Crippen molar-refractivity contribution in [3.63, 3.8) is 0 Å². The number of hydrogen-bond donors (Lipinski definition) is 0. The molecule has 0 unspecified atom stereocenters. The lowest BCUT2D eigenvalue weighted by molar-refractivity contribution is -0.0301. The fourth-order valence-corrected chi connectivity index (χ4v) is 3.65. The van der Waals surface area contributed by atoms with Crippen molar-refractivity contribution in [3.8, 4) is 0 Å². The lowest BCUT2D eigenvalue weighted by atomic mass is 9.72. The maximum Gasteiger partial charge on any atom is 0.291 e. The Labute approximate surface area is 140 Å². The maximum atomic E-state index is 12.5. The monoisotopic (exact) mass is 325 g/mol. The van der Waals surface area contributed by atoms with Crippen molar-refractivity contribution >= 4 is 11.8 Å². The van der Waals surface area contributed by atoms with Gasteiger partial charge in [0, 0.05) is 37.2 Å². The third-order valence-electron chi connectivity index (χ3n) is 5.11. The Bertz CT molecular complexity index is 726. The van der Waals surface area contributed by atoms with Crippen molar-refractivity contribution in [2.45, 2.75) is 12.8 Å². The van der Waals surface area contributed by atoms with E-state index in [1.165, 1.54) is 12.6 Å². The van der Waals surface area contributed by atoms with Crippen molar-refractivity contribution in [2.75, 3.05) is 26.2 Å². The molecule has 24 heavy (non-hydrogen) atoms. The van der Waals surface area contributed by atoms with E-state index in [0.717, 1.165) is 44.6 Å². The van der Waals surface area contributed by atoms with E-state index >= 15 is 0 Å². The van der Waals surface area contributed by atoms with E-state index < -0.39 is 0 Å². The van der Waals surface area contributed by atoms with Crippen molar-refractivity contribution in [2.24, 2.45) is 5.41 Å². The minimum Gasteiger partial charge on any atom is -0.438 e. The average molecular weight is 325 g/mol. The molecule has 2 fully saturated rings. The number of oxazole rings is 1. The van der Waals surface area contributed by atoms with Gasteiger partial charge in [0.05, 0.1) is 6.20 Å². The first-order valence-electron chi connectivity index (χ1n) is 8.19. The van der Waals surface area contributed by atoms with Gasteiger partial charge < -0.3 is 14.2 Å². The number of rotatable bonds is 2. The van der Waals surface area contributed by atoms with Crippen molar-refractivity contribution < 1.29 is 14.0 Å². The predicted molar refractivity (Wildman–Crippen MR) is 86.4 cm³/mol. The zero-order chi connectivity index (χ0) is 16.6. The third kappa shape index (κ3) is 2.58. The Morgan fingerprint density at radius 1 is 1.00 bits per heavy atom. The maximum absolute atomic E-state index is 12.5. The fourth-order valence-electron chi connectivity index (χ4n) is 3.65. The van der Waals surface area contributed by atoms with Gasteiger partial charge in [-0.1, -0.05) is 18.2 Å². The van der Waals surface area contributed by atoms with E-state index in [-0.39, 0.29) is 17.2 Å². The van der Waals surface area contributed by atoms with Crippen molar-refractivity contribution in [1.82, 2.24) is 14.8 Å². The molecule has 6 heteroatoms. The molecule has 1 spiro atoms. The first-order valence-corrected chi connectivity index (χ1v) is 8.19. The Morgan fingerprint density at radius 2 is 1.71 bits per heavy atom. The van der Waals surface area contributed by atoms with E-state index in [1.807, 2.05) is 35.2 Å². The molecule has 2 saturated heterocycles. The third-order valence-corrected chi connectivity index (χ3v) is 5.11. The summed E-state index contributed by atoms with van der Waals surface area (Å²) >= 11 is 0. The number of hydrogen-bond acceptors (Lipinski definition) is 4. The predicted octanol–water partition coefficient (Wildman–Crippen LogP) is 2.05. The van der Waals surface area contributed by atoms with E-state index in [9.17, 15) is 9.59 Å². The molecule has 0 radical (unpaired) electrons. The molecule has 3 heterocycles. The van der Waals surface area contributed by atoms with Gasteiger partial charge in [-0.25, -0.2) is 4.98 Å². The summed E-state index contributed by atoms with van der Waals surface area (Å²) in [5, 5.41) is 0. The lowest BCUT2D eigenvalue weighted by Gasteiger charge is -2.53. The minimum absolute atomic E-state index is 0.0964. The smallest absolute Gasteiger partial charge is 0.291 e. The molecular weight excluding hydrogens is 306 g/mol. The summed E-state index contributed by atoms with van der Waals surface area (Å²) in [5.74, 6) is 0.293. The lowest BCUT2D eigenvalue weighted by Crippen LogP contribution is -2.62. The summed E-state index contributed by atoms with van der Waals surface area (Å²) in [6, 6.07) is 9.40. The Kier molecular flexibility index (Phi) is 3.59. The van der Waals surface area contributed by atoms with Crippen LogP contribution in [0.15, 0.2) is 47.3 Å². The molecule has 124 valence electrons. The van der Waals surface area contributed by atoms with Gasteiger partial charge in [-0.05, 0) is 25.0 Å². The summed E-state index contributed by atoms with van der Waals surface area (Å²) in [4.78, 5) is 32.2. The molecule has 0 aliphatic carbocycles. The zero-order valence-electron chi connectivity index (χ0n) is 13.4. The van der Waals surface area contributed by atoms with Crippen LogP contribution in [-0.2, 0) is 0 Å². The summed E-state index contributed by atoms with van der Waals surface area (Å²) in [5.41, 5.74) is 0.896. The Hall–Kier alpha value is -2.63. The molecule has 2 aromatic rings. The largest absolute Gasteiger partial charge is 0.438 e. The molecule has 0 N–H and O–H groups in total. The Morgan fingerprint density at radius 3 is 2.33 bits per heavy atom. The van der Waals surface area contributed by atoms with Crippen LogP contribution in [-0.4, -0.2) is 52.8 Å². The number of likely N-dealkylation sites (tertiary alicyclic amines) is 2. The highest BCUT2D eigenvalue weighted by atomic mass is 16.3. The molecule has 1 aromatic carbocycles. The van der Waals surface area contributed by atoms with Gasteiger partial charge in [-0.2, -0.15) is 0 Å². The van der Waals surface area contributed by atoms with E-state index in [1.54, 1.807) is 4.90 Å². The first-order chi connectivity index (χ1) is 11.7. The van der Waals surface area contributed by atoms with Crippen LogP contribution in [0.25, 0.3) is 0 Å². The number of piperidine rings is 1. The second-order valence-corrected chi connectivity index (χ2v) is 6.69. The number of amides is 2. The molecule has 0 atom stereocenters. The average Bonchev–Trinajstić information content (AvgIpc) is 3.14. The second-order valence-electron chi connectivity index (χ2n) is 6.69. The van der Waals surface area contributed by atoms with Crippen LogP contribution in [0.1, 0.15) is 33.8 Å². The standard InChI is InChI=1S/C18H19N3O3/c22-16(14-4-2-1-3-5-14)20-8-6-18(7-9-20)11-21(12-18)17(23)15-10-19-13-24-15/h1-5,10,13H,6-9,11-12H2. The normalized spacial score (nSPS) is 19.2. The number of aromatic nitrogens is 1. The van der Waals surface area contributed by atoms with Crippen LogP contribution in [0.2, 0.25) is 0 Å². The number of nitrogens with zero attached hydrogens (tertiary/aromatic N) is 3. The van der Waals surface area contributed by atoms with Crippen LogP contribution in [0.5, 0.6) is 0 Å². The zero-order valence-corrected chi connectivity index (χ0v) is 13.4. The number of benzene rings is 1. The van der Waals surface area contributed by atoms with Gasteiger partial charge in [-0.3, -0.25) is 9.59 Å². The van der Waals surface area contributed by atoms with Gasteiger partial charge in [0.2, 0.25) is 5.76 Å². The minimum atomic E-state index is -0.0964. The van der Waals surface area contributed by atoms with Crippen LogP contribution < -0.4 is 0 Å². The van der Waals surface area contributed by atoms with Crippen LogP contribution in [0.4, 0.5) is 0 Å². The van der Waals surface area contributed by atoms with Gasteiger partial charge in [0.15, 0.2) is 6.39 Å². The van der Waals surface area contributed by atoms with E-state index in [0.29, 0.717) is 5.76 Å². The van der Waals surface area contributed by atoms with Crippen LogP contribution in [0.3, 0.4) is 0 Å². The number of carbonyl (C=O) groups is 2. The quantitative estimate of drug-likeness (QED) is 0.847. The SMILES string of the molecule is O=C(c1ccccc1)N1CCC2(CC1)CN(C(=O)c1cnco1)C2. The van der Waals surface area contributed by atoms with Gasteiger partial charge in [0.1, 0.15) is 0 Å². The summed E-state index contributed by atoms with van der Waals surface area (Å²) in [6.07, 6.45) is 4.60. The highest BCUT2D eigenvalue weighted by Crippen LogP contribution is 2.41. The molecule has 1 aromatic heterocycles. The molecule has 0 saturated carbocycles. The van der Waals surface area contributed by atoms with Crippen molar-refractivity contribution in [3.05, 3.63) is 54.2 Å². The van der Waals surface area contributed by atoms with Gasteiger partial charge in [0.25, 0.3) is 11.8 Å². The van der Waals surface area contributed by atoms with Crippen molar-refractivity contribution in [1.29, 1.82) is 0 Å². The second kappa shape index (κ2) is 5.78. The highest BCUT2D eigenvalue weighted by molar-refractivity contribution is 5.94. The molecule has 6 nitrogen and oxygen atoms in total. The highest BCUT2D eigenvalue weighted by Gasteiger charge is 2.47. The van der Waals surface area contributed by atoms with Gasteiger partial charge in [-0.15, -0.1) is 0 Å². The Balaban J connectivity index is 1.33. The van der Waals surface area contributed by atoms with E-state index in [4.69, 9.17) is 4.42 Å². The summed E-state index contributed by atoms with van der Waals surface area (Å²) < 4.78 is 5.07. The topological polar surface area (TPSA) is 66.7 Å². The number of carbonyl (C=O) groups excluding carboxylic acids is 2. The fraction of sp³-hybridized carbons (Fsp3) is 0.389. The first kappa shape index (κ1) is 14.9. The molecule has 2 amide bonds. The summed E-state index contributed by atoms with van der Waals surface area (Å²) in [7, 11) is 0. The van der Waals surface area contributed by atoms with Crippen LogP contribution in [0, 0.1) is 5.41 Å². The van der Waals surface area contributed by atoms with Crippen LogP contribution >= 0.6 is 0 Å². The molecular formula is C18H19N3O3. The molecule has 2 aliphatic heterocycles. The molecule has 0 bridgehead atoms. The summed E-state index contributed by atoms with van der Waals surface area (Å²) in [6.45, 7) is 2.97. The molecule has 2 aliphatic rings. The van der Waals surface area contributed by atoms with E-state index in [2.05, 4.69) is 4.98 Å². The van der Waals surface area contributed by atoms with Gasteiger partial charge >= 0.3 is 0 Å². The molecule has 4 rings (SSSR count).